The molecule has 2 rings (SSSR count). The number of ketones is 1. The van der Waals surface area contributed by atoms with Gasteiger partial charge in [-0.05, 0) is 13.0 Å². The van der Waals surface area contributed by atoms with Crippen molar-refractivity contribution < 1.29 is 4.79 Å². The summed E-state index contributed by atoms with van der Waals surface area (Å²) < 4.78 is 0. The molecule has 2 aromatic rings. The molecule has 0 aliphatic rings. The topological polar surface area (TPSA) is 68.9 Å². The lowest BCUT2D eigenvalue weighted by molar-refractivity contribution is 0.101. The van der Waals surface area contributed by atoms with Crippen LogP contribution >= 0.6 is 11.3 Å². The Hall–Kier alpha value is -1.75. The van der Waals surface area contributed by atoms with Crippen molar-refractivity contribution in [2.24, 2.45) is 0 Å². The molecule has 0 aliphatic carbocycles. The number of anilines is 1. The lowest BCUT2D eigenvalue weighted by Crippen LogP contribution is -1.91. The van der Waals surface area contributed by atoms with Gasteiger partial charge < -0.3 is 5.73 Å². The van der Waals surface area contributed by atoms with Gasteiger partial charge in [0.1, 0.15) is 5.01 Å². The maximum Gasteiger partial charge on any atom is 0.203 e. The molecule has 0 radical (unpaired) electrons. The van der Waals surface area contributed by atoms with Crippen LogP contribution in [0.15, 0.2) is 24.3 Å². The minimum absolute atomic E-state index is 0.0364. The van der Waals surface area contributed by atoms with Crippen LogP contribution in [0.3, 0.4) is 0 Å². The summed E-state index contributed by atoms with van der Waals surface area (Å²) in [5.74, 6) is 0.0364. The minimum atomic E-state index is 0.0364. The Balaban J connectivity index is 2.45. The zero-order valence-electron chi connectivity index (χ0n) is 8.10. The predicted molar refractivity (Wildman–Crippen MR) is 59.8 cm³/mol. The largest absolute Gasteiger partial charge is 0.374 e. The van der Waals surface area contributed by atoms with Gasteiger partial charge in [-0.2, -0.15) is 0 Å². The van der Waals surface area contributed by atoms with E-state index in [4.69, 9.17) is 5.73 Å². The number of hydrogen-bond donors (Lipinski definition) is 1. The SMILES string of the molecule is CC(=O)c1cccc(-c2nnc(N)s2)c1. The molecule has 0 atom stereocenters. The molecule has 1 heterocycles. The van der Waals surface area contributed by atoms with E-state index in [1.807, 2.05) is 12.1 Å². The smallest absolute Gasteiger partial charge is 0.203 e. The molecule has 1 aromatic carbocycles. The highest BCUT2D eigenvalue weighted by Gasteiger charge is 2.06. The quantitative estimate of drug-likeness (QED) is 0.784. The van der Waals surface area contributed by atoms with Crippen LogP contribution < -0.4 is 5.73 Å². The average Bonchev–Trinajstić information content (AvgIpc) is 2.65. The highest BCUT2D eigenvalue weighted by molar-refractivity contribution is 7.18. The van der Waals surface area contributed by atoms with Gasteiger partial charge in [-0.3, -0.25) is 4.79 Å². The Morgan fingerprint density at radius 2 is 2.20 bits per heavy atom. The van der Waals surface area contributed by atoms with Gasteiger partial charge >= 0.3 is 0 Å². The number of nitrogen functional groups attached to an aromatic ring is 1. The van der Waals surface area contributed by atoms with E-state index in [9.17, 15) is 4.79 Å². The van der Waals surface area contributed by atoms with Crippen LogP contribution in [0.25, 0.3) is 10.6 Å². The number of benzene rings is 1. The number of nitrogens with zero attached hydrogens (tertiary/aromatic N) is 2. The Labute approximate surface area is 90.8 Å². The van der Waals surface area contributed by atoms with E-state index < -0.39 is 0 Å². The van der Waals surface area contributed by atoms with Crippen LogP contribution in [-0.2, 0) is 0 Å². The first kappa shape index (κ1) is 9.79. The second-order valence-corrected chi connectivity index (χ2v) is 4.09. The van der Waals surface area contributed by atoms with Gasteiger partial charge in [0.25, 0.3) is 0 Å². The number of carbonyl (C=O) groups excluding carboxylic acids is 1. The van der Waals surface area contributed by atoms with E-state index in [1.165, 1.54) is 18.3 Å². The normalized spacial score (nSPS) is 10.2. The summed E-state index contributed by atoms with van der Waals surface area (Å²) in [4.78, 5) is 11.2. The van der Waals surface area contributed by atoms with Gasteiger partial charge in [-0.25, -0.2) is 0 Å². The van der Waals surface area contributed by atoms with Crippen molar-refractivity contribution in [2.75, 3.05) is 5.73 Å². The molecule has 0 spiro atoms. The summed E-state index contributed by atoms with van der Waals surface area (Å²) in [6.45, 7) is 1.54. The number of aromatic nitrogens is 2. The Bertz CT molecular complexity index is 507. The highest BCUT2D eigenvalue weighted by atomic mass is 32.1. The van der Waals surface area contributed by atoms with Crippen LogP contribution in [-0.4, -0.2) is 16.0 Å². The van der Waals surface area contributed by atoms with Crippen LogP contribution in [0.1, 0.15) is 17.3 Å². The number of carbonyl (C=O) groups is 1. The highest BCUT2D eigenvalue weighted by Crippen LogP contribution is 2.25. The molecule has 0 bridgehead atoms. The first-order valence-corrected chi connectivity index (χ1v) is 5.19. The van der Waals surface area contributed by atoms with Crippen molar-refractivity contribution in [1.82, 2.24) is 10.2 Å². The van der Waals surface area contributed by atoms with Crippen molar-refractivity contribution in [3.63, 3.8) is 0 Å². The van der Waals surface area contributed by atoms with E-state index in [1.54, 1.807) is 12.1 Å². The van der Waals surface area contributed by atoms with Crippen molar-refractivity contribution in [3.8, 4) is 10.6 Å². The van der Waals surface area contributed by atoms with Gasteiger partial charge in [-0.1, -0.05) is 29.5 Å². The summed E-state index contributed by atoms with van der Waals surface area (Å²) in [7, 11) is 0. The number of nitrogens with two attached hydrogens (primary N) is 1. The summed E-state index contributed by atoms with van der Waals surface area (Å²) in [6.07, 6.45) is 0. The molecule has 0 amide bonds. The summed E-state index contributed by atoms with van der Waals surface area (Å²) >= 11 is 1.31. The summed E-state index contributed by atoms with van der Waals surface area (Å²) in [5.41, 5.74) is 7.03. The molecule has 0 unspecified atom stereocenters. The maximum absolute atomic E-state index is 11.2. The third kappa shape index (κ3) is 2.02. The fourth-order valence-electron chi connectivity index (χ4n) is 1.22. The molecule has 0 saturated carbocycles. The molecule has 0 aliphatic heterocycles. The van der Waals surface area contributed by atoms with Crippen LogP contribution in [0, 0.1) is 0 Å². The van der Waals surface area contributed by atoms with Crippen molar-refractivity contribution in [1.29, 1.82) is 0 Å². The second kappa shape index (κ2) is 3.78. The first-order chi connectivity index (χ1) is 7.16. The molecular weight excluding hydrogens is 210 g/mol. The van der Waals surface area contributed by atoms with Crippen molar-refractivity contribution >= 4 is 22.3 Å². The first-order valence-electron chi connectivity index (χ1n) is 4.37. The zero-order chi connectivity index (χ0) is 10.8. The van der Waals surface area contributed by atoms with E-state index in [0.717, 1.165) is 10.6 Å². The number of Topliss-reactive ketones (excluding diaryl/α,β-unsaturated/α-hetero) is 1. The van der Waals surface area contributed by atoms with E-state index in [2.05, 4.69) is 10.2 Å². The predicted octanol–water partition coefficient (Wildman–Crippen LogP) is 1.99. The van der Waals surface area contributed by atoms with Crippen LogP contribution in [0.2, 0.25) is 0 Å². The number of hydrogen-bond acceptors (Lipinski definition) is 5. The molecule has 2 N–H and O–H groups in total. The van der Waals surface area contributed by atoms with Crippen LogP contribution in [0.5, 0.6) is 0 Å². The van der Waals surface area contributed by atoms with Crippen LogP contribution in [0.4, 0.5) is 5.13 Å². The second-order valence-electron chi connectivity index (χ2n) is 3.08. The van der Waals surface area contributed by atoms with Gasteiger partial charge in [-0.15, -0.1) is 10.2 Å². The Morgan fingerprint density at radius 1 is 1.40 bits per heavy atom. The van der Waals surface area contributed by atoms with Crippen molar-refractivity contribution in [2.45, 2.75) is 6.92 Å². The molecule has 15 heavy (non-hydrogen) atoms. The lowest BCUT2D eigenvalue weighted by atomic mass is 10.1. The fourth-order valence-corrected chi connectivity index (χ4v) is 1.83. The molecule has 5 heteroatoms. The van der Waals surface area contributed by atoms with E-state index >= 15 is 0 Å². The molecular formula is C10H9N3OS. The van der Waals surface area contributed by atoms with Crippen molar-refractivity contribution in [3.05, 3.63) is 29.8 Å². The van der Waals surface area contributed by atoms with Gasteiger partial charge in [0.2, 0.25) is 5.13 Å². The molecule has 4 nitrogen and oxygen atoms in total. The third-order valence-electron chi connectivity index (χ3n) is 1.96. The van der Waals surface area contributed by atoms with Gasteiger partial charge in [0.05, 0.1) is 0 Å². The van der Waals surface area contributed by atoms with Gasteiger partial charge in [0.15, 0.2) is 5.78 Å². The molecule has 0 saturated heterocycles. The monoisotopic (exact) mass is 219 g/mol. The third-order valence-corrected chi connectivity index (χ3v) is 2.76. The van der Waals surface area contributed by atoms with Gasteiger partial charge in [0, 0.05) is 11.1 Å². The number of rotatable bonds is 2. The minimum Gasteiger partial charge on any atom is -0.374 e. The Morgan fingerprint density at radius 3 is 2.80 bits per heavy atom. The summed E-state index contributed by atoms with van der Waals surface area (Å²) in [6, 6.07) is 7.27. The lowest BCUT2D eigenvalue weighted by Gasteiger charge is -1.98. The Kier molecular flexibility index (Phi) is 2.47. The van der Waals surface area contributed by atoms with E-state index in [0.29, 0.717) is 10.7 Å². The zero-order valence-corrected chi connectivity index (χ0v) is 8.91. The maximum atomic E-state index is 11.2. The summed E-state index contributed by atoms with van der Waals surface area (Å²) in [5, 5.41) is 8.81. The molecule has 1 aromatic heterocycles. The van der Waals surface area contributed by atoms with E-state index in [-0.39, 0.29) is 5.78 Å². The standard InChI is InChI=1S/C10H9N3OS/c1-6(14)7-3-2-4-8(5-7)9-12-13-10(11)15-9/h2-5H,1H3,(H2,11,13). The average molecular weight is 219 g/mol. The molecule has 0 fully saturated rings. The molecule has 76 valence electrons. The fraction of sp³-hybridized carbons (Fsp3) is 0.100.